The summed E-state index contributed by atoms with van der Waals surface area (Å²) in [5.74, 6) is -0.859. The van der Waals surface area contributed by atoms with E-state index >= 15 is 0 Å². The van der Waals surface area contributed by atoms with Gasteiger partial charge in [-0.15, -0.1) is 0 Å². The van der Waals surface area contributed by atoms with E-state index in [1.54, 1.807) is 36.4 Å². The van der Waals surface area contributed by atoms with Crippen LogP contribution < -0.4 is 10.9 Å². The number of carbonyl (C=O) groups is 2. The molecule has 0 radical (unpaired) electrons. The lowest BCUT2D eigenvalue weighted by Crippen LogP contribution is -2.22. The van der Waals surface area contributed by atoms with Gasteiger partial charge in [0, 0.05) is 34.0 Å². The third kappa shape index (κ3) is 7.48. The summed E-state index contributed by atoms with van der Waals surface area (Å²) in [6, 6.07) is 9.76. The van der Waals surface area contributed by atoms with E-state index in [2.05, 4.69) is 21.1 Å². The second kappa shape index (κ2) is 11.0. The Morgan fingerprint density at radius 1 is 0.750 bits per heavy atom. The fraction of sp³-hybridized carbons (Fsp3) is 0.111. The lowest BCUT2D eigenvalue weighted by Gasteiger charge is -2.01. The Morgan fingerprint density at radius 3 is 1.50 bits per heavy atom. The van der Waals surface area contributed by atoms with Crippen LogP contribution in [-0.4, -0.2) is 24.2 Å². The van der Waals surface area contributed by atoms with E-state index in [1.165, 1.54) is 12.4 Å². The zero-order valence-corrected chi connectivity index (χ0v) is 17.3. The molecule has 2 N–H and O–H groups in total. The third-order valence-electron chi connectivity index (χ3n) is 3.29. The third-order valence-corrected chi connectivity index (χ3v) is 4.41. The SMILES string of the molecule is O=C(CCC(=O)NN=Cc1ccc(Cl)cc1Cl)NN=Cc1ccc(Cl)cc1Cl. The van der Waals surface area contributed by atoms with Gasteiger partial charge in [-0.25, -0.2) is 10.9 Å². The number of hydrogen-bond acceptors (Lipinski definition) is 4. The van der Waals surface area contributed by atoms with Crippen LogP contribution in [0, 0.1) is 0 Å². The molecule has 0 aromatic heterocycles. The number of nitrogens with zero attached hydrogens (tertiary/aromatic N) is 2. The van der Waals surface area contributed by atoms with Gasteiger partial charge in [-0.2, -0.15) is 10.2 Å². The maximum Gasteiger partial charge on any atom is 0.240 e. The first-order chi connectivity index (χ1) is 13.3. The highest BCUT2D eigenvalue weighted by molar-refractivity contribution is 6.36. The average Bonchev–Trinajstić information content (AvgIpc) is 2.63. The number of amides is 2. The molecule has 0 saturated carbocycles. The van der Waals surface area contributed by atoms with E-state index in [1.807, 2.05) is 0 Å². The number of hydrazone groups is 2. The van der Waals surface area contributed by atoms with Gasteiger partial charge in [0.2, 0.25) is 11.8 Å². The smallest absolute Gasteiger partial charge is 0.240 e. The van der Waals surface area contributed by atoms with Crippen molar-refractivity contribution in [3.8, 4) is 0 Å². The summed E-state index contributed by atoms with van der Waals surface area (Å²) in [5.41, 5.74) is 5.82. The van der Waals surface area contributed by atoms with Crippen molar-refractivity contribution in [2.45, 2.75) is 12.8 Å². The number of hydrogen-bond donors (Lipinski definition) is 2. The number of benzene rings is 2. The Hall–Kier alpha value is -2.12. The van der Waals surface area contributed by atoms with E-state index in [4.69, 9.17) is 46.4 Å². The van der Waals surface area contributed by atoms with E-state index in [9.17, 15) is 9.59 Å². The fourth-order valence-electron chi connectivity index (χ4n) is 1.90. The summed E-state index contributed by atoms with van der Waals surface area (Å²) < 4.78 is 0. The first kappa shape index (κ1) is 22.2. The van der Waals surface area contributed by atoms with Crippen molar-refractivity contribution >= 4 is 70.6 Å². The molecule has 0 heterocycles. The predicted octanol–water partition coefficient (Wildman–Crippen LogP) is 4.68. The summed E-state index contributed by atoms with van der Waals surface area (Å²) in [4.78, 5) is 23.4. The Bertz CT molecular complexity index is 856. The zero-order chi connectivity index (χ0) is 20.5. The van der Waals surface area contributed by atoms with Gasteiger partial charge in [0.05, 0.1) is 22.5 Å². The number of nitrogens with one attached hydrogen (secondary N) is 2. The lowest BCUT2D eigenvalue weighted by atomic mass is 10.2. The molecule has 0 saturated heterocycles. The highest BCUT2D eigenvalue weighted by Crippen LogP contribution is 2.20. The van der Waals surface area contributed by atoms with Gasteiger partial charge in [0.15, 0.2) is 0 Å². The summed E-state index contributed by atoms with van der Waals surface area (Å²) in [5, 5.41) is 9.39. The topological polar surface area (TPSA) is 82.9 Å². The van der Waals surface area contributed by atoms with Gasteiger partial charge in [0.25, 0.3) is 0 Å². The van der Waals surface area contributed by atoms with Crippen LogP contribution in [0.2, 0.25) is 20.1 Å². The Morgan fingerprint density at radius 2 is 1.14 bits per heavy atom. The molecule has 10 heteroatoms. The Labute approximate surface area is 181 Å². The van der Waals surface area contributed by atoms with Crippen molar-refractivity contribution in [2.75, 3.05) is 0 Å². The van der Waals surface area contributed by atoms with E-state index in [0.29, 0.717) is 31.2 Å². The monoisotopic (exact) mass is 458 g/mol. The molecule has 0 unspecified atom stereocenters. The Kier molecular flexibility index (Phi) is 8.73. The summed E-state index contributed by atoms with van der Waals surface area (Å²) in [7, 11) is 0. The molecule has 2 aromatic rings. The minimum atomic E-state index is -0.429. The maximum atomic E-state index is 11.7. The Balaban J connectivity index is 1.73. The summed E-state index contributed by atoms with van der Waals surface area (Å²) in [6.07, 6.45) is 2.65. The highest BCUT2D eigenvalue weighted by Gasteiger charge is 2.06. The van der Waals surface area contributed by atoms with Crippen molar-refractivity contribution in [3.05, 3.63) is 67.6 Å². The van der Waals surface area contributed by atoms with Crippen LogP contribution in [0.5, 0.6) is 0 Å². The molecular formula is C18H14Cl4N4O2. The van der Waals surface area contributed by atoms with Crippen LogP contribution in [0.15, 0.2) is 46.6 Å². The fourth-order valence-corrected chi connectivity index (χ4v) is 2.81. The van der Waals surface area contributed by atoms with Crippen LogP contribution in [0.4, 0.5) is 0 Å². The molecule has 146 valence electrons. The first-order valence-corrected chi connectivity index (χ1v) is 9.40. The molecule has 2 amide bonds. The molecule has 0 spiro atoms. The van der Waals surface area contributed by atoms with Crippen molar-refractivity contribution in [1.29, 1.82) is 0 Å². The molecule has 0 aliphatic rings. The molecule has 6 nitrogen and oxygen atoms in total. The minimum Gasteiger partial charge on any atom is -0.273 e. The zero-order valence-electron chi connectivity index (χ0n) is 14.3. The maximum absolute atomic E-state index is 11.7. The molecule has 2 aromatic carbocycles. The van der Waals surface area contributed by atoms with Crippen LogP contribution in [0.3, 0.4) is 0 Å². The first-order valence-electron chi connectivity index (χ1n) is 7.89. The molecule has 0 bridgehead atoms. The molecule has 0 aliphatic carbocycles. The van der Waals surface area contributed by atoms with Crippen molar-refractivity contribution in [1.82, 2.24) is 10.9 Å². The number of carbonyl (C=O) groups excluding carboxylic acids is 2. The molecular weight excluding hydrogens is 446 g/mol. The standard InChI is InChI=1S/C18H14Cl4N4O2/c19-13-3-1-11(15(21)7-13)9-23-25-17(27)5-6-18(28)26-24-10-12-2-4-14(20)8-16(12)22/h1-4,7-10H,5-6H2,(H,25,27)(H,26,28). The lowest BCUT2D eigenvalue weighted by molar-refractivity contribution is -0.126. The highest BCUT2D eigenvalue weighted by atomic mass is 35.5. The van der Waals surface area contributed by atoms with E-state index in [-0.39, 0.29) is 12.8 Å². The normalized spacial score (nSPS) is 11.1. The molecule has 28 heavy (non-hydrogen) atoms. The molecule has 0 fully saturated rings. The minimum absolute atomic E-state index is 0.0608. The van der Waals surface area contributed by atoms with Crippen LogP contribution in [-0.2, 0) is 9.59 Å². The van der Waals surface area contributed by atoms with Crippen molar-refractivity contribution < 1.29 is 9.59 Å². The average molecular weight is 460 g/mol. The quantitative estimate of drug-likeness (QED) is 0.465. The van der Waals surface area contributed by atoms with Gasteiger partial charge in [-0.3, -0.25) is 9.59 Å². The van der Waals surface area contributed by atoms with Crippen LogP contribution in [0.1, 0.15) is 24.0 Å². The number of halogens is 4. The van der Waals surface area contributed by atoms with Gasteiger partial charge >= 0.3 is 0 Å². The van der Waals surface area contributed by atoms with Crippen LogP contribution in [0.25, 0.3) is 0 Å². The second-order valence-corrected chi connectivity index (χ2v) is 7.11. The molecule has 0 aliphatic heterocycles. The summed E-state index contributed by atoms with van der Waals surface area (Å²) >= 11 is 23.6. The van der Waals surface area contributed by atoms with Gasteiger partial charge < -0.3 is 0 Å². The van der Waals surface area contributed by atoms with Crippen LogP contribution >= 0.6 is 46.4 Å². The van der Waals surface area contributed by atoms with Gasteiger partial charge in [-0.05, 0) is 24.3 Å². The van der Waals surface area contributed by atoms with E-state index < -0.39 is 11.8 Å². The molecule has 0 atom stereocenters. The predicted molar refractivity (Wildman–Crippen MR) is 114 cm³/mol. The largest absolute Gasteiger partial charge is 0.273 e. The summed E-state index contributed by atoms with van der Waals surface area (Å²) in [6.45, 7) is 0. The van der Waals surface area contributed by atoms with Crippen molar-refractivity contribution in [2.24, 2.45) is 10.2 Å². The second-order valence-electron chi connectivity index (χ2n) is 5.42. The van der Waals surface area contributed by atoms with E-state index in [0.717, 1.165) is 0 Å². The van der Waals surface area contributed by atoms with Gasteiger partial charge in [0.1, 0.15) is 0 Å². The molecule has 2 rings (SSSR count). The number of rotatable bonds is 7. The van der Waals surface area contributed by atoms with Crippen molar-refractivity contribution in [3.63, 3.8) is 0 Å². The van der Waals surface area contributed by atoms with Gasteiger partial charge in [-0.1, -0.05) is 58.5 Å².